The summed E-state index contributed by atoms with van der Waals surface area (Å²) in [6.07, 6.45) is 4.38. The average molecular weight is 112 g/mol. The lowest BCUT2D eigenvalue weighted by Gasteiger charge is -2.17. The van der Waals surface area contributed by atoms with E-state index in [0.717, 1.165) is 12.0 Å². The molecule has 8 heavy (non-hydrogen) atoms. The summed E-state index contributed by atoms with van der Waals surface area (Å²) < 4.78 is 0. The smallest absolute Gasteiger partial charge is 0.0578 e. The minimum Gasteiger partial charge on any atom is -0.316 e. The highest BCUT2D eigenvalue weighted by Gasteiger charge is 2.36. The van der Waals surface area contributed by atoms with E-state index in [9.17, 15) is 0 Å². The Morgan fingerprint density at radius 1 is 1.38 bits per heavy atom. The zero-order valence-corrected chi connectivity index (χ0v) is 4.93. The SMILES string of the molecule is N[C@H]1N[C@@H]2CC[C@H]1C2. The first-order chi connectivity index (χ1) is 3.86. The molecule has 1 heterocycles. The summed E-state index contributed by atoms with van der Waals surface area (Å²) in [6, 6.07) is 0.773. The van der Waals surface area contributed by atoms with E-state index in [1.54, 1.807) is 0 Å². The number of hydrogen-bond donors (Lipinski definition) is 2. The van der Waals surface area contributed by atoms with Gasteiger partial charge in [0.1, 0.15) is 0 Å². The van der Waals surface area contributed by atoms with Gasteiger partial charge in [0.25, 0.3) is 0 Å². The van der Waals surface area contributed by atoms with E-state index in [4.69, 9.17) is 5.73 Å². The zero-order valence-electron chi connectivity index (χ0n) is 4.93. The zero-order chi connectivity index (χ0) is 5.56. The van der Waals surface area contributed by atoms with Crippen LogP contribution < -0.4 is 11.1 Å². The fourth-order valence-corrected chi connectivity index (χ4v) is 1.90. The van der Waals surface area contributed by atoms with E-state index in [1.807, 2.05) is 0 Å². The summed E-state index contributed by atoms with van der Waals surface area (Å²) in [7, 11) is 0. The fraction of sp³-hybridized carbons (Fsp3) is 1.00. The third kappa shape index (κ3) is 0.501. The number of fused-ring (bicyclic) bond motifs is 2. The Morgan fingerprint density at radius 2 is 2.25 bits per heavy atom. The molecule has 0 amide bonds. The lowest BCUT2D eigenvalue weighted by molar-refractivity contribution is 0.391. The predicted octanol–water partition coefficient (Wildman–Crippen LogP) is 0.0431. The first-order valence-corrected chi connectivity index (χ1v) is 3.38. The molecule has 2 bridgehead atoms. The lowest BCUT2D eigenvalue weighted by atomic mass is 10.1. The van der Waals surface area contributed by atoms with Crippen LogP contribution in [0.2, 0.25) is 0 Å². The summed E-state index contributed by atoms with van der Waals surface area (Å²) in [4.78, 5) is 0. The van der Waals surface area contributed by atoms with Gasteiger partial charge in [0.2, 0.25) is 0 Å². The van der Waals surface area contributed by atoms with E-state index in [-0.39, 0.29) is 0 Å². The van der Waals surface area contributed by atoms with E-state index in [0.29, 0.717) is 6.17 Å². The largest absolute Gasteiger partial charge is 0.316 e. The summed E-state index contributed by atoms with van der Waals surface area (Å²) >= 11 is 0. The van der Waals surface area contributed by atoms with Crippen molar-refractivity contribution >= 4 is 0 Å². The van der Waals surface area contributed by atoms with Gasteiger partial charge in [0.15, 0.2) is 0 Å². The van der Waals surface area contributed by atoms with Crippen LogP contribution in [0.5, 0.6) is 0 Å². The monoisotopic (exact) mass is 112 g/mol. The molecule has 0 unspecified atom stereocenters. The van der Waals surface area contributed by atoms with Crippen molar-refractivity contribution in [2.75, 3.05) is 0 Å². The van der Waals surface area contributed by atoms with Gasteiger partial charge >= 0.3 is 0 Å². The molecule has 0 aromatic carbocycles. The molecular weight excluding hydrogens is 100 g/mol. The average Bonchev–Trinajstić information content (AvgIpc) is 2.23. The Balaban J connectivity index is 2.11. The van der Waals surface area contributed by atoms with E-state index >= 15 is 0 Å². The van der Waals surface area contributed by atoms with Crippen molar-refractivity contribution in [2.24, 2.45) is 11.7 Å². The maximum atomic E-state index is 5.71. The second kappa shape index (κ2) is 1.45. The Labute approximate surface area is 49.4 Å². The fourth-order valence-electron chi connectivity index (χ4n) is 1.90. The molecule has 2 aliphatic rings. The van der Waals surface area contributed by atoms with Gasteiger partial charge in [-0.3, -0.25) is 5.32 Å². The summed E-state index contributed by atoms with van der Waals surface area (Å²) in [5.74, 6) is 0.806. The predicted molar refractivity (Wildman–Crippen MR) is 32.2 cm³/mol. The van der Waals surface area contributed by atoms with Crippen molar-refractivity contribution in [3.63, 3.8) is 0 Å². The van der Waals surface area contributed by atoms with Gasteiger partial charge in [-0.15, -0.1) is 0 Å². The third-order valence-electron chi connectivity index (χ3n) is 2.41. The van der Waals surface area contributed by atoms with Crippen LogP contribution in [0.25, 0.3) is 0 Å². The van der Waals surface area contributed by atoms with Crippen LogP contribution in [0.15, 0.2) is 0 Å². The maximum Gasteiger partial charge on any atom is 0.0578 e. The highest BCUT2D eigenvalue weighted by Crippen LogP contribution is 2.32. The van der Waals surface area contributed by atoms with Crippen LogP contribution in [0, 0.1) is 5.92 Å². The topological polar surface area (TPSA) is 38.0 Å². The second-order valence-electron chi connectivity index (χ2n) is 2.96. The van der Waals surface area contributed by atoms with Crippen molar-refractivity contribution in [3.05, 3.63) is 0 Å². The Kier molecular flexibility index (Phi) is 0.866. The molecule has 1 saturated carbocycles. The Hall–Kier alpha value is -0.0800. The minimum absolute atomic E-state index is 0.328. The van der Waals surface area contributed by atoms with Crippen molar-refractivity contribution in [1.82, 2.24) is 5.32 Å². The quantitative estimate of drug-likeness (QED) is 0.464. The second-order valence-corrected chi connectivity index (χ2v) is 2.96. The number of nitrogens with two attached hydrogens (primary N) is 1. The van der Waals surface area contributed by atoms with Crippen LogP contribution >= 0.6 is 0 Å². The molecule has 3 atom stereocenters. The van der Waals surface area contributed by atoms with E-state index in [1.165, 1.54) is 19.3 Å². The number of nitrogens with one attached hydrogen (secondary N) is 1. The van der Waals surface area contributed by atoms with Crippen LogP contribution in [0.1, 0.15) is 19.3 Å². The van der Waals surface area contributed by atoms with Crippen molar-refractivity contribution in [1.29, 1.82) is 0 Å². The van der Waals surface area contributed by atoms with Crippen LogP contribution in [-0.2, 0) is 0 Å². The molecule has 1 aliphatic carbocycles. The van der Waals surface area contributed by atoms with Crippen molar-refractivity contribution in [3.8, 4) is 0 Å². The van der Waals surface area contributed by atoms with Gasteiger partial charge in [0.05, 0.1) is 6.17 Å². The van der Waals surface area contributed by atoms with Gasteiger partial charge in [-0.2, -0.15) is 0 Å². The lowest BCUT2D eigenvalue weighted by Crippen LogP contribution is -2.42. The molecule has 2 fully saturated rings. The van der Waals surface area contributed by atoms with Crippen LogP contribution in [0.3, 0.4) is 0 Å². The molecular formula is C6H12N2. The standard InChI is InChI=1S/C6H12N2/c7-6-4-1-2-5(3-4)8-6/h4-6,8H,1-3,7H2/t4-,5+,6-/m0/s1. The summed E-state index contributed by atoms with van der Waals surface area (Å²) in [5.41, 5.74) is 5.71. The van der Waals surface area contributed by atoms with Gasteiger partial charge in [-0.05, 0) is 25.2 Å². The molecule has 0 aromatic rings. The van der Waals surface area contributed by atoms with E-state index in [2.05, 4.69) is 5.32 Å². The Morgan fingerprint density at radius 3 is 2.50 bits per heavy atom. The highest BCUT2D eigenvalue weighted by molar-refractivity contribution is 4.93. The van der Waals surface area contributed by atoms with Crippen LogP contribution in [0.4, 0.5) is 0 Å². The third-order valence-corrected chi connectivity index (χ3v) is 2.41. The van der Waals surface area contributed by atoms with Crippen LogP contribution in [-0.4, -0.2) is 12.2 Å². The number of piperidine rings is 1. The molecule has 46 valence electrons. The summed E-state index contributed by atoms with van der Waals surface area (Å²) in [5, 5.41) is 3.33. The Bertz CT molecular complexity index is 101. The molecule has 2 nitrogen and oxygen atoms in total. The van der Waals surface area contributed by atoms with Gasteiger partial charge < -0.3 is 5.73 Å². The molecule has 0 spiro atoms. The first kappa shape index (κ1) is 4.77. The normalized spacial score (nSPS) is 52.9. The molecule has 2 rings (SSSR count). The molecule has 1 aliphatic heterocycles. The van der Waals surface area contributed by atoms with Gasteiger partial charge in [-0.25, -0.2) is 0 Å². The first-order valence-electron chi connectivity index (χ1n) is 3.38. The summed E-state index contributed by atoms with van der Waals surface area (Å²) in [6.45, 7) is 0. The maximum absolute atomic E-state index is 5.71. The molecule has 2 heteroatoms. The number of rotatable bonds is 0. The van der Waals surface area contributed by atoms with E-state index < -0.39 is 0 Å². The molecule has 1 saturated heterocycles. The highest BCUT2D eigenvalue weighted by atomic mass is 15.1. The molecule has 0 radical (unpaired) electrons. The van der Waals surface area contributed by atoms with Gasteiger partial charge in [0, 0.05) is 6.04 Å². The van der Waals surface area contributed by atoms with Gasteiger partial charge in [-0.1, -0.05) is 0 Å². The number of hydrogen-bond acceptors (Lipinski definition) is 2. The van der Waals surface area contributed by atoms with Crippen molar-refractivity contribution < 1.29 is 0 Å². The van der Waals surface area contributed by atoms with Crippen molar-refractivity contribution in [2.45, 2.75) is 31.5 Å². The molecule has 0 aromatic heterocycles. The molecule has 3 N–H and O–H groups in total. The minimum atomic E-state index is 0.328.